The highest BCUT2D eigenvalue weighted by Crippen LogP contribution is 2.35. The van der Waals surface area contributed by atoms with Gasteiger partial charge in [0.05, 0.1) is 5.69 Å². The topological polar surface area (TPSA) is 22.1 Å². The van der Waals surface area contributed by atoms with Gasteiger partial charge in [0.15, 0.2) is 11.6 Å². The van der Waals surface area contributed by atoms with Crippen molar-refractivity contribution in [3.05, 3.63) is 52.7 Å². The summed E-state index contributed by atoms with van der Waals surface area (Å²) in [4.78, 5) is 4.52. The number of hydrogen-bond acceptors (Lipinski definition) is 2. The number of fused-ring (bicyclic) bond motifs is 1. The third-order valence-corrected chi connectivity index (χ3v) is 8.43. The molecule has 2 aromatic rings. The lowest BCUT2D eigenvalue weighted by Gasteiger charge is -2.26. The van der Waals surface area contributed by atoms with Crippen LogP contribution in [0.1, 0.15) is 133 Å². The maximum atomic E-state index is 15.2. The molecule has 3 rings (SSSR count). The summed E-state index contributed by atoms with van der Waals surface area (Å²) in [6.07, 6.45) is 23.8. The number of benzene rings is 1. The molecule has 1 aliphatic carbocycles. The maximum absolute atomic E-state index is 15.2. The zero-order valence-electron chi connectivity index (χ0n) is 24.8. The summed E-state index contributed by atoms with van der Waals surface area (Å²) < 4.78 is 36.1. The van der Waals surface area contributed by atoms with E-state index >= 15 is 8.78 Å². The third kappa shape index (κ3) is 10.9. The fourth-order valence-corrected chi connectivity index (χ4v) is 5.91. The van der Waals surface area contributed by atoms with E-state index in [1.54, 1.807) is 0 Å². The second kappa shape index (κ2) is 18.5. The molecule has 218 valence electrons. The average Bonchev–Trinajstić information content (AvgIpc) is 2.96. The lowest BCUT2D eigenvalue weighted by Crippen LogP contribution is -2.17. The van der Waals surface area contributed by atoms with Gasteiger partial charge in [0, 0.05) is 25.0 Å². The zero-order chi connectivity index (χ0) is 27.7. The number of halogens is 2. The lowest BCUT2D eigenvalue weighted by atomic mass is 9.80. The van der Waals surface area contributed by atoms with Gasteiger partial charge in [-0.15, -0.1) is 0 Å². The van der Waals surface area contributed by atoms with Crippen LogP contribution in [0, 0.1) is 17.6 Å². The molecule has 1 aliphatic rings. The van der Waals surface area contributed by atoms with Crippen molar-refractivity contribution in [1.82, 2.24) is 4.98 Å². The van der Waals surface area contributed by atoms with Crippen molar-refractivity contribution < 1.29 is 13.5 Å². The highest BCUT2D eigenvalue weighted by molar-refractivity contribution is 5.63. The summed E-state index contributed by atoms with van der Waals surface area (Å²) in [7, 11) is 0. The first kappa shape index (κ1) is 31.7. The molecule has 0 saturated heterocycles. The fraction of sp³-hybridized carbons (Fsp3) is 0.686. The molecule has 0 aliphatic heterocycles. The third-order valence-electron chi connectivity index (χ3n) is 8.43. The van der Waals surface area contributed by atoms with E-state index in [1.165, 1.54) is 70.6 Å². The molecule has 0 bridgehead atoms. The quantitative estimate of drug-likeness (QED) is 0.156. The first-order valence-electron chi connectivity index (χ1n) is 16.2. The Morgan fingerprint density at radius 2 is 1.46 bits per heavy atom. The Morgan fingerprint density at radius 3 is 2.15 bits per heavy atom. The molecule has 0 amide bonds. The minimum atomic E-state index is -0.736. The van der Waals surface area contributed by atoms with Crippen molar-refractivity contribution in [3.63, 3.8) is 0 Å². The Kier molecular flexibility index (Phi) is 15.1. The van der Waals surface area contributed by atoms with Gasteiger partial charge in [-0.05, 0) is 79.7 Å². The normalized spacial score (nSPS) is 15.0. The van der Waals surface area contributed by atoms with Crippen LogP contribution < -0.4 is 0 Å². The van der Waals surface area contributed by atoms with Gasteiger partial charge in [0.1, 0.15) is 0 Å². The Hall–Kier alpha value is -1.81. The van der Waals surface area contributed by atoms with Crippen LogP contribution in [0.15, 0.2) is 24.4 Å². The summed E-state index contributed by atoms with van der Waals surface area (Å²) >= 11 is 0. The van der Waals surface area contributed by atoms with E-state index in [9.17, 15) is 0 Å². The van der Waals surface area contributed by atoms with Crippen LogP contribution in [0.2, 0.25) is 0 Å². The van der Waals surface area contributed by atoms with Crippen LogP contribution >= 0.6 is 0 Å². The highest BCUT2D eigenvalue weighted by atomic mass is 19.2. The van der Waals surface area contributed by atoms with E-state index in [1.807, 2.05) is 24.4 Å². The molecule has 1 aromatic carbocycles. The van der Waals surface area contributed by atoms with Crippen LogP contribution in [0.4, 0.5) is 8.78 Å². The average molecular weight is 542 g/mol. The van der Waals surface area contributed by atoms with Gasteiger partial charge >= 0.3 is 0 Å². The maximum Gasteiger partial charge on any atom is 0.168 e. The number of unbranched alkanes of at least 4 members (excludes halogenated alkanes) is 11. The van der Waals surface area contributed by atoms with Gasteiger partial charge in [0.2, 0.25) is 0 Å². The van der Waals surface area contributed by atoms with E-state index < -0.39 is 11.6 Å². The molecule has 1 heterocycles. The Morgan fingerprint density at radius 1 is 0.795 bits per heavy atom. The molecule has 0 saturated carbocycles. The SMILES string of the molecule is CCCCCCCCCC1CCc2cc(-c3ccc(CCCCCOCCCCCC)cn3)c(F)c(F)c2C1. The summed E-state index contributed by atoms with van der Waals surface area (Å²) in [6.45, 7) is 6.19. The summed E-state index contributed by atoms with van der Waals surface area (Å²) in [5, 5.41) is 0. The molecule has 1 atom stereocenters. The number of pyridine rings is 1. The van der Waals surface area contributed by atoms with Crippen LogP contribution in [0.25, 0.3) is 11.3 Å². The molecule has 0 spiro atoms. The molecule has 0 fully saturated rings. The van der Waals surface area contributed by atoms with Gasteiger partial charge < -0.3 is 4.74 Å². The molecule has 1 unspecified atom stereocenters. The summed E-state index contributed by atoms with van der Waals surface area (Å²) in [5.74, 6) is -0.909. The van der Waals surface area contributed by atoms with Gasteiger partial charge in [-0.2, -0.15) is 0 Å². The Labute approximate surface area is 237 Å². The predicted molar refractivity (Wildman–Crippen MR) is 160 cm³/mol. The standard InChI is InChI=1S/C35H53F2NO/c1-3-5-7-9-10-11-13-17-28-19-21-30-26-32(35(37)34(36)31(30)25-28)33-22-20-29(27-38-33)18-14-12-16-24-39-23-15-8-6-4-2/h20,22,26-28H,3-19,21,23-25H2,1-2H3. The van der Waals surface area contributed by atoms with E-state index in [2.05, 4.69) is 18.8 Å². The molecule has 0 N–H and O–H groups in total. The molecule has 4 heteroatoms. The molecular weight excluding hydrogens is 488 g/mol. The fourth-order valence-electron chi connectivity index (χ4n) is 5.91. The number of aromatic nitrogens is 1. The van der Waals surface area contributed by atoms with Crippen molar-refractivity contribution in [3.8, 4) is 11.3 Å². The van der Waals surface area contributed by atoms with Gasteiger partial charge in [0.25, 0.3) is 0 Å². The highest BCUT2D eigenvalue weighted by Gasteiger charge is 2.26. The summed E-state index contributed by atoms with van der Waals surface area (Å²) in [6, 6.07) is 5.73. The van der Waals surface area contributed by atoms with Crippen LogP contribution in [-0.2, 0) is 24.0 Å². The zero-order valence-corrected chi connectivity index (χ0v) is 24.8. The number of hydrogen-bond donors (Lipinski definition) is 0. The van der Waals surface area contributed by atoms with Crippen molar-refractivity contribution in [2.75, 3.05) is 13.2 Å². The number of rotatable bonds is 20. The number of ether oxygens (including phenoxy) is 1. The van der Waals surface area contributed by atoms with Crippen LogP contribution in [0.5, 0.6) is 0 Å². The van der Waals surface area contributed by atoms with Gasteiger partial charge in [-0.1, -0.05) is 97.0 Å². The van der Waals surface area contributed by atoms with Crippen LogP contribution in [-0.4, -0.2) is 18.2 Å². The van der Waals surface area contributed by atoms with Crippen molar-refractivity contribution in [2.24, 2.45) is 5.92 Å². The van der Waals surface area contributed by atoms with Gasteiger partial charge in [-0.3, -0.25) is 4.98 Å². The smallest absolute Gasteiger partial charge is 0.168 e. The predicted octanol–water partition coefficient (Wildman–Crippen LogP) is 10.6. The minimum Gasteiger partial charge on any atom is -0.381 e. The number of aryl methyl sites for hydroxylation is 2. The van der Waals surface area contributed by atoms with Gasteiger partial charge in [-0.25, -0.2) is 8.78 Å². The Bertz CT molecular complexity index is 943. The van der Waals surface area contributed by atoms with Crippen LogP contribution in [0.3, 0.4) is 0 Å². The monoisotopic (exact) mass is 541 g/mol. The lowest BCUT2D eigenvalue weighted by molar-refractivity contribution is 0.126. The van der Waals surface area contributed by atoms with Crippen molar-refractivity contribution in [1.29, 1.82) is 0 Å². The summed E-state index contributed by atoms with van der Waals surface area (Å²) in [5.41, 5.74) is 3.56. The van der Waals surface area contributed by atoms with Crippen molar-refractivity contribution in [2.45, 2.75) is 136 Å². The van der Waals surface area contributed by atoms with E-state index in [0.29, 0.717) is 29.2 Å². The first-order chi connectivity index (χ1) is 19.1. The second-order valence-electron chi connectivity index (χ2n) is 11.7. The Balaban J connectivity index is 1.42. The second-order valence-corrected chi connectivity index (χ2v) is 11.7. The minimum absolute atomic E-state index is 0.305. The van der Waals surface area contributed by atoms with E-state index in [4.69, 9.17) is 4.74 Å². The first-order valence-corrected chi connectivity index (χ1v) is 16.2. The molecule has 39 heavy (non-hydrogen) atoms. The largest absolute Gasteiger partial charge is 0.381 e. The molecule has 1 aromatic heterocycles. The molecule has 2 nitrogen and oxygen atoms in total. The molecule has 0 radical (unpaired) electrons. The van der Waals surface area contributed by atoms with E-state index in [-0.39, 0.29) is 0 Å². The molecular formula is C35H53F2NO. The number of nitrogens with zero attached hydrogens (tertiary/aromatic N) is 1. The van der Waals surface area contributed by atoms with Crippen molar-refractivity contribution >= 4 is 0 Å². The van der Waals surface area contributed by atoms with E-state index in [0.717, 1.165) is 69.3 Å².